The van der Waals surface area contributed by atoms with Gasteiger partial charge >= 0.3 is 0 Å². The number of fused-ring (bicyclic) bond motifs is 1. The Morgan fingerprint density at radius 2 is 1.98 bits per heavy atom. The molecule has 3 fully saturated rings. The standard InChI is InChI=1S/C31H36FN7O/c1-3-27(40)39-19-31(20-39)8-13-38(14-9-31)26-16-25(34-10-15-37-11-4-5-12-37)30(32)29(22(26)17-33)28-21(2)6-7-24-23(28)18-35-36-24/h3,6-7,16,18,34H,1,4-5,8-15,19-20H2,2H3,(H,35,36). The number of nitrogens with one attached hydrogen (secondary N) is 2. The van der Waals surface area contributed by atoms with Crippen molar-refractivity contribution in [3.63, 3.8) is 0 Å². The van der Waals surface area contributed by atoms with Crippen LogP contribution in [0.4, 0.5) is 15.8 Å². The Morgan fingerprint density at radius 3 is 2.67 bits per heavy atom. The molecule has 0 radical (unpaired) electrons. The molecule has 3 aliphatic heterocycles. The van der Waals surface area contributed by atoms with Crippen molar-refractivity contribution in [2.24, 2.45) is 5.41 Å². The third kappa shape index (κ3) is 4.60. The molecule has 9 heteroatoms. The number of anilines is 2. The van der Waals surface area contributed by atoms with E-state index >= 15 is 4.39 Å². The van der Waals surface area contributed by atoms with E-state index in [0.29, 0.717) is 28.9 Å². The number of piperidine rings is 1. The fourth-order valence-electron chi connectivity index (χ4n) is 6.77. The van der Waals surface area contributed by atoms with Crippen molar-refractivity contribution < 1.29 is 9.18 Å². The topological polar surface area (TPSA) is 91.3 Å². The Hall–Kier alpha value is -3.90. The lowest BCUT2D eigenvalue weighted by Crippen LogP contribution is -2.61. The number of H-pyrrole nitrogens is 1. The molecule has 40 heavy (non-hydrogen) atoms. The van der Waals surface area contributed by atoms with Crippen LogP contribution < -0.4 is 10.2 Å². The van der Waals surface area contributed by atoms with Crippen molar-refractivity contribution in [3.05, 3.63) is 54.0 Å². The summed E-state index contributed by atoms with van der Waals surface area (Å²) in [6.07, 6.45) is 7.34. The van der Waals surface area contributed by atoms with Crippen LogP contribution in [0.3, 0.4) is 0 Å². The van der Waals surface area contributed by atoms with Crippen LogP contribution in [0.25, 0.3) is 22.0 Å². The number of hydrogen-bond acceptors (Lipinski definition) is 6. The molecule has 0 bridgehead atoms. The van der Waals surface area contributed by atoms with Gasteiger partial charge in [-0.05, 0) is 75.0 Å². The highest BCUT2D eigenvalue weighted by Gasteiger charge is 2.46. The first-order valence-corrected chi connectivity index (χ1v) is 14.3. The fraction of sp³-hybridized carbons (Fsp3) is 0.452. The van der Waals surface area contributed by atoms with E-state index < -0.39 is 5.82 Å². The zero-order valence-electron chi connectivity index (χ0n) is 23.1. The number of likely N-dealkylation sites (tertiary alicyclic amines) is 2. The Balaban J connectivity index is 1.36. The number of carbonyl (C=O) groups excluding carboxylic acids is 1. The molecule has 2 aromatic carbocycles. The smallest absolute Gasteiger partial charge is 0.245 e. The second-order valence-electron chi connectivity index (χ2n) is 11.6. The number of rotatable bonds is 7. The van der Waals surface area contributed by atoms with Gasteiger partial charge in [-0.25, -0.2) is 4.39 Å². The summed E-state index contributed by atoms with van der Waals surface area (Å²) in [5, 5.41) is 21.8. The molecule has 1 amide bonds. The Morgan fingerprint density at radius 1 is 1.23 bits per heavy atom. The summed E-state index contributed by atoms with van der Waals surface area (Å²) < 4.78 is 16.5. The number of aryl methyl sites for hydroxylation is 1. The van der Waals surface area contributed by atoms with E-state index in [1.807, 2.05) is 30.0 Å². The van der Waals surface area contributed by atoms with Gasteiger partial charge in [-0.3, -0.25) is 9.89 Å². The number of hydrogen-bond donors (Lipinski definition) is 2. The molecule has 1 aromatic heterocycles. The van der Waals surface area contributed by atoms with E-state index in [4.69, 9.17) is 0 Å². The average molecular weight is 542 g/mol. The summed E-state index contributed by atoms with van der Waals surface area (Å²) in [6, 6.07) is 8.09. The lowest BCUT2D eigenvalue weighted by Gasteiger charge is -2.54. The number of aromatic nitrogens is 2. The molecule has 6 rings (SSSR count). The normalized spacial score (nSPS) is 18.6. The molecule has 4 heterocycles. The summed E-state index contributed by atoms with van der Waals surface area (Å²) in [5.41, 5.74) is 4.39. The number of amides is 1. The lowest BCUT2D eigenvalue weighted by atomic mass is 9.71. The minimum atomic E-state index is -0.399. The number of nitrogens with zero attached hydrogens (tertiary/aromatic N) is 5. The Kier molecular flexibility index (Phi) is 6.97. The van der Waals surface area contributed by atoms with Crippen LogP contribution in [0.5, 0.6) is 0 Å². The van der Waals surface area contributed by atoms with Crippen molar-refractivity contribution in [3.8, 4) is 17.2 Å². The van der Waals surface area contributed by atoms with Crippen molar-refractivity contribution in [2.75, 3.05) is 62.6 Å². The number of carbonyl (C=O) groups is 1. The van der Waals surface area contributed by atoms with E-state index in [9.17, 15) is 10.1 Å². The minimum absolute atomic E-state index is 0.0172. The summed E-state index contributed by atoms with van der Waals surface area (Å²) in [4.78, 5) is 18.5. The van der Waals surface area contributed by atoms with Gasteiger partial charge in [0.1, 0.15) is 6.07 Å². The predicted octanol–water partition coefficient (Wildman–Crippen LogP) is 4.67. The molecule has 0 saturated carbocycles. The van der Waals surface area contributed by atoms with Crippen LogP contribution in [0.2, 0.25) is 0 Å². The molecule has 3 aliphatic rings. The van der Waals surface area contributed by atoms with Crippen molar-refractivity contribution >= 4 is 28.2 Å². The maximum Gasteiger partial charge on any atom is 0.245 e. The molecule has 0 unspecified atom stereocenters. The Labute approximate surface area is 234 Å². The molecular formula is C31H36FN7O. The monoisotopic (exact) mass is 541 g/mol. The number of halogens is 1. The van der Waals surface area contributed by atoms with E-state index in [0.717, 1.165) is 80.8 Å². The third-order valence-electron chi connectivity index (χ3n) is 9.08. The third-order valence-corrected chi connectivity index (χ3v) is 9.08. The zero-order valence-corrected chi connectivity index (χ0v) is 23.1. The van der Waals surface area contributed by atoms with E-state index in [2.05, 4.69) is 38.0 Å². The van der Waals surface area contributed by atoms with Gasteiger partial charge in [0.2, 0.25) is 5.91 Å². The molecule has 0 aliphatic carbocycles. The molecule has 208 valence electrons. The van der Waals surface area contributed by atoms with Gasteiger partial charge in [-0.15, -0.1) is 0 Å². The number of benzene rings is 2. The Bertz CT molecular complexity index is 1480. The first-order valence-electron chi connectivity index (χ1n) is 14.3. The second kappa shape index (κ2) is 10.6. The summed E-state index contributed by atoms with van der Waals surface area (Å²) in [7, 11) is 0. The highest BCUT2D eigenvalue weighted by Crippen LogP contribution is 2.45. The van der Waals surface area contributed by atoms with Crippen LogP contribution in [-0.2, 0) is 4.79 Å². The predicted molar refractivity (Wildman–Crippen MR) is 156 cm³/mol. The number of nitriles is 1. The molecule has 1 spiro atoms. The van der Waals surface area contributed by atoms with Gasteiger partial charge in [0.05, 0.1) is 28.7 Å². The highest BCUT2D eigenvalue weighted by molar-refractivity contribution is 6.00. The van der Waals surface area contributed by atoms with Crippen LogP contribution in [0.15, 0.2) is 37.1 Å². The molecule has 0 atom stereocenters. The van der Waals surface area contributed by atoms with Crippen LogP contribution in [0.1, 0.15) is 36.8 Å². The van der Waals surface area contributed by atoms with E-state index in [1.54, 1.807) is 6.20 Å². The van der Waals surface area contributed by atoms with Gasteiger partial charge in [-0.1, -0.05) is 12.6 Å². The molecule has 3 aromatic rings. The highest BCUT2D eigenvalue weighted by atomic mass is 19.1. The molecular weight excluding hydrogens is 505 g/mol. The maximum absolute atomic E-state index is 16.5. The van der Waals surface area contributed by atoms with Gasteiger partial charge < -0.3 is 20.0 Å². The molecule has 8 nitrogen and oxygen atoms in total. The summed E-state index contributed by atoms with van der Waals surface area (Å²) >= 11 is 0. The lowest BCUT2D eigenvalue weighted by molar-refractivity contribution is -0.139. The average Bonchev–Trinajstić information content (AvgIpc) is 3.65. The minimum Gasteiger partial charge on any atom is -0.381 e. The van der Waals surface area contributed by atoms with Gasteiger partial charge in [-0.2, -0.15) is 10.4 Å². The molecule has 2 N–H and O–H groups in total. The first kappa shape index (κ1) is 26.3. The van der Waals surface area contributed by atoms with Gasteiger partial charge in [0, 0.05) is 55.6 Å². The van der Waals surface area contributed by atoms with Crippen LogP contribution in [-0.4, -0.2) is 78.3 Å². The second-order valence-corrected chi connectivity index (χ2v) is 11.6. The SMILES string of the molecule is C=CC(=O)N1CC2(CCN(c3cc(NCCN4CCCC4)c(F)c(-c4c(C)ccc5[nH]ncc45)c3C#N)CC2)C1. The fourth-order valence-corrected chi connectivity index (χ4v) is 6.77. The summed E-state index contributed by atoms with van der Waals surface area (Å²) in [6.45, 7) is 12.2. The maximum atomic E-state index is 16.5. The first-order chi connectivity index (χ1) is 19.4. The van der Waals surface area contributed by atoms with E-state index in [-0.39, 0.29) is 11.3 Å². The van der Waals surface area contributed by atoms with Gasteiger partial charge in [0.25, 0.3) is 0 Å². The van der Waals surface area contributed by atoms with Crippen molar-refractivity contribution in [1.82, 2.24) is 20.0 Å². The van der Waals surface area contributed by atoms with Gasteiger partial charge in [0.15, 0.2) is 5.82 Å². The largest absolute Gasteiger partial charge is 0.381 e. The zero-order chi connectivity index (χ0) is 27.9. The van der Waals surface area contributed by atoms with E-state index in [1.165, 1.54) is 18.9 Å². The summed E-state index contributed by atoms with van der Waals surface area (Å²) in [5.74, 6) is -0.416. The van der Waals surface area contributed by atoms with Crippen molar-refractivity contribution in [2.45, 2.75) is 32.6 Å². The quantitative estimate of drug-likeness (QED) is 0.423. The van der Waals surface area contributed by atoms with Crippen LogP contribution in [0, 0.1) is 29.5 Å². The number of aromatic amines is 1. The molecule has 3 saturated heterocycles. The van der Waals surface area contributed by atoms with Crippen molar-refractivity contribution in [1.29, 1.82) is 5.26 Å². The van der Waals surface area contributed by atoms with Crippen LogP contribution >= 0.6 is 0 Å².